The van der Waals surface area contributed by atoms with Crippen molar-refractivity contribution < 1.29 is 14.7 Å². The van der Waals surface area contributed by atoms with Crippen LogP contribution < -0.4 is 15.7 Å². The van der Waals surface area contributed by atoms with Gasteiger partial charge in [0.15, 0.2) is 0 Å². The maximum atomic E-state index is 12.9. The second kappa shape index (κ2) is 8.05. The first-order valence-corrected chi connectivity index (χ1v) is 16.6. The van der Waals surface area contributed by atoms with Crippen LogP contribution >= 0.6 is 0 Å². The lowest BCUT2D eigenvalue weighted by atomic mass is 10.0. The average Bonchev–Trinajstić information content (AvgIpc) is 2.59. The largest absolute Gasteiger partial charge is 0.481 e. The molecule has 2 aromatic rings. The summed E-state index contributed by atoms with van der Waals surface area (Å²) in [6.07, 6.45) is 0. The zero-order valence-electron chi connectivity index (χ0n) is 17.9. The van der Waals surface area contributed by atoms with Crippen molar-refractivity contribution in [3.63, 3.8) is 0 Å². The number of carbonyl (C=O) groups excluding carboxylic acids is 1. The number of hydrogen-bond donors (Lipinski definition) is 2. The number of amides is 1. The van der Waals surface area contributed by atoms with E-state index in [9.17, 15) is 9.59 Å². The molecule has 0 aliphatic rings. The highest BCUT2D eigenvalue weighted by Gasteiger charge is 2.24. The van der Waals surface area contributed by atoms with Crippen LogP contribution in [-0.2, 0) is 4.79 Å². The lowest BCUT2D eigenvalue weighted by Crippen LogP contribution is -2.46. The Hall–Kier alpha value is -2.19. The van der Waals surface area contributed by atoms with Crippen LogP contribution in [0.5, 0.6) is 0 Å². The van der Waals surface area contributed by atoms with Crippen molar-refractivity contribution in [2.45, 2.75) is 52.1 Å². The lowest BCUT2D eigenvalue weighted by Gasteiger charge is -2.24. The fraction of sp³-hybridized carbons (Fsp3) is 0.364. The van der Waals surface area contributed by atoms with Crippen molar-refractivity contribution in [1.82, 2.24) is 0 Å². The van der Waals surface area contributed by atoms with Gasteiger partial charge in [0, 0.05) is 11.3 Å². The van der Waals surface area contributed by atoms with Crippen LogP contribution in [0.2, 0.25) is 39.3 Å². The van der Waals surface area contributed by atoms with Gasteiger partial charge in [0.05, 0.1) is 22.1 Å². The first kappa shape index (κ1) is 22.1. The van der Waals surface area contributed by atoms with Crippen molar-refractivity contribution in [3.05, 3.63) is 53.6 Å². The molecular formula is C22H31NO3Si2. The zero-order valence-corrected chi connectivity index (χ0v) is 19.9. The van der Waals surface area contributed by atoms with Gasteiger partial charge in [0.1, 0.15) is 0 Å². The van der Waals surface area contributed by atoms with Gasteiger partial charge in [-0.2, -0.15) is 0 Å². The van der Waals surface area contributed by atoms with Gasteiger partial charge in [-0.1, -0.05) is 80.0 Å². The maximum absolute atomic E-state index is 12.9. The van der Waals surface area contributed by atoms with Crippen molar-refractivity contribution in [2.75, 3.05) is 5.32 Å². The Bertz CT molecular complexity index is 846. The molecule has 0 radical (unpaired) electrons. The molecule has 0 saturated carbocycles. The molecular weight excluding hydrogens is 382 g/mol. The SMILES string of the molecule is CC(C(=O)O)c1ccc(NC(=O)c2cc([Si](C)(C)C)cc([Si](C)(C)C)c2)cc1. The summed E-state index contributed by atoms with van der Waals surface area (Å²) >= 11 is 0. The van der Waals surface area contributed by atoms with Crippen LogP contribution in [0.15, 0.2) is 42.5 Å². The molecule has 0 saturated heterocycles. The summed E-state index contributed by atoms with van der Waals surface area (Å²) in [5, 5.41) is 14.7. The maximum Gasteiger partial charge on any atom is 0.310 e. The molecule has 0 heterocycles. The summed E-state index contributed by atoms with van der Waals surface area (Å²) in [5.74, 6) is -1.56. The number of nitrogens with one attached hydrogen (secondary N) is 1. The minimum absolute atomic E-state index is 0.126. The molecule has 150 valence electrons. The third-order valence-corrected chi connectivity index (χ3v) is 9.01. The van der Waals surface area contributed by atoms with E-state index in [-0.39, 0.29) is 5.91 Å². The molecule has 28 heavy (non-hydrogen) atoms. The fourth-order valence-electron chi connectivity index (χ4n) is 2.83. The molecule has 1 amide bonds. The van der Waals surface area contributed by atoms with Gasteiger partial charge in [-0.3, -0.25) is 9.59 Å². The van der Waals surface area contributed by atoms with E-state index in [2.05, 4.69) is 50.7 Å². The standard InChI is InChI=1S/C22H31NO3Si2/c1-15(22(25)26)16-8-10-18(11-9-16)23-21(24)17-12-19(27(2,3)4)14-20(13-17)28(5,6)7/h8-15H,1-7H3,(H,23,24)(H,25,26). The molecule has 0 spiro atoms. The number of anilines is 1. The summed E-state index contributed by atoms with van der Waals surface area (Å²) in [6.45, 7) is 15.4. The number of carboxylic acid groups (broad SMARTS) is 1. The molecule has 1 unspecified atom stereocenters. The van der Waals surface area contributed by atoms with Gasteiger partial charge in [0.25, 0.3) is 5.91 Å². The topological polar surface area (TPSA) is 66.4 Å². The monoisotopic (exact) mass is 413 g/mol. The molecule has 0 bridgehead atoms. The second-order valence-electron chi connectivity index (χ2n) is 9.44. The zero-order chi connectivity index (χ0) is 21.3. The number of benzene rings is 2. The smallest absolute Gasteiger partial charge is 0.310 e. The number of aliphatic carboxylic acids is 1. The first-order valence-electron chi connectivity index (χ1n) is 9.59. The number of carboxylic acids is 1. The molecule has 1 atom stereocenters. The van der Waals surface area contributed by atoms with Crippen molar-refractivity contribution in [1.29, 1.82) is 0 Å². The Labute approximate surface area is 170 Å². The Morgan fingerprint density at radius 1 is 0.857 bits per heavy atom. The van der Waals surface area contributed by atoms with E-state index >= 15 is 0 Å². The van der Waals surface area contributed by atoms with Crippen LogP contribution in [0.25, 0.3) is 0 Å². The first-order chi connectivity index (χ1) is 12.8. The van der Waals surface area contributed by atoms with Crippen LogP contribution in [0.1, 0.15) is 28.8 Å². The molecule has 0 fully saturated rings. The highest BCUT2D eigenvalue weighted by atomic mass is 28.3. The van der Waals surface area contributed by atoms with Gasteiger partial charge >= 0.3 is 5.97 Å². The molecule has 2 N–H and O–H groups in total. The van der Waals surface area contributed by atoms with Crippen LogP contribution in [0, 0.1) is 0 Å². The van der Waals surface area contributed by atoms with Crippen molar-refractivity contribution in [2.24, 2.45) is 0 Å². The fourth-order valence-corrected chi connectivity index (χ4v) is 5.32. The summed E-state index contributed by atoms with van der Waals surface area (Å²) in [6, 6.07) is 13.4. The molecule has 2 rings (SSSR count). The minimum atomic E-state index is -1.56. The van der Waals surface area contributed by atoms with Crippen molar-refractivity contribution >= 4 is 44.1 Å². The van der Waals surface area contributed by atoms with Gasteiger partial charge in [-0.05, 0) is 24.6 Å². The minimum Gasteiger partial charge on any atom is -0.481 e. The predicted molar refractivity (Wildman–Crippen MR) is 123 cm³/mol. The Kier molecular flexibility index (Phi) is 6.35. The summed E-state index contributed by atoms with van der Waals surface area (Å²) in [5.41, 5.74) is 2.08. The van der Waals surface area contributed by atoms with Crippen LogP contribution in [-0.4, -0.2) is 33.1 Å². The summed E-state index contributed by atoms with van der Waals surface area (Å²) in [4.78, 5) is 24.0. The highest BCUT2D eigenvalue weighted by Crippen LogP contribution is 2.19. The molecule has 2 aromatic carbocycles. The number of hydrogen-bond acceptors (Lipinski definition) is 2. The summed E-state index contributed by atoms with van der Waals surface area (Å²) in [7, 11) is -3.11. The molecule has 6 heteroatoms. The van der Waals surface area contributed by atoms with Gasteiger partial charge in [0.2, 0.25) is 0 Å². The molecule has 0 aromatic heterocycles. The lowest BCUT2D eigenvalue weighted by molar-refractivity contribution is -0.138. The number of rotatable bonds is 6. The molecule has 4 nitrogen and oxygen atoms in total. The Morgan fingerprint density at radius 3 is 1.71 bits per heavy atom. The van der Waals surface area contributed by atoms with E-state index in [1.807, 2.05) is 12.1 Å². The van der Waals surface area contributed by atoms with E-state index in [4.69, 9.17) is 5.11 Å². The second-order valence-corrected chi connectivity index (χ2v) is 19.6. The van der Waals surface area contributed by atoms with Gasteiger partial charge < -0.3 is 10.4 Å². The molecule has 0 aliphatic carbocycles. The Balaban J connectivity index is 2.32. The Morgan fingerprint density at radius 2 is 1.32 bits per heavy atom. The normalized spacial score (nSPS) is 13.1. The van der Waals surface area contributed by atoms with E-state index in [0.29, 0.717) is 16.8 Å². The van der Waals surface area contributed by atoms with Crippen molar-refractivity contribution in [3.8, 4) is 0 Å². The third kappa shape index (κ3) is 5.42. The summed E-state index contributed by atoms with van der Waals surface area (Å²) < 4.78 is 0. The van der Waals surface area contributed by atoms with E-state index in [1.165, 1.54) is 10.4 Å². The van der Waals surface area contributed by atoms with Crippen LogP contribution in [0.3, 0.4) is 0 Å². The predicted octanol–water partition coefficient (Wildman–Crippen LogP) is 4.22. The van der Waals surface area contributed by atoms with Gasteiger partial charge in [-0.15, -0.1) is 0 Å². The van der Waals surface area contributed by atoms with E-state index in [1.54, 1.807) is 31.2 Å². The van der Waals surface area contributed by atoms with Gasteiger partial charge in [-0.25, -0.2) is 0 Å². The highest BCUT2D eigenvalue weighted by molar-refractivity contribution is 6.91. The van der Waals surface area contributed by atoms with Crippen LogP contribution in [0.4, 0.5) is 5.69 Å². The third-order valence-electron chi connectivity index (χ3n) is 4.97. The quantitative estimate of drug-likeness (QED) is 0.697. The van der Waals surface area contributed by atoms with E-state index in [0.717, 1.165) is 0 Å². The average molecular weight is 414 g/mol. The van der Waals surface area contributed by atoms with E-state index < -0.39 is 28.0 Å². The number of carbonyl (C=O) groups is 2. The molecule has 0 aliphatic heterocycles.